The molecule has 2 aliphatic rings. The third-order valence-electron chi connectivity index (χ3n) is 3.86. The van der Waals surface area contributed by atoms with Gasteiger partial charge in [0, 0.05) is 55.1 Å². The Labute approximate surface area is 113 Å². The van der Waals surface area contributed by atoms with Gasteiger partial charge in [0.15, 0.2) is 0 Å². The van der Waals surface area contributed by atoms with Gasteiger partial charge in [-0.25, -0.2) is 0 Å². The normalized spacial score (nSPS) is 22.1. The number of nitrogens with zero attached hydrogens (tertiary/aromatic N) is 1. The van der Waals surface area contributed by atoms with Crippen molar-refractivity contribution < 1.29 is 0 Å². The molecular formula is C14H21N3S. The Bertz CT molecular complexity index is 416. The molecule has 0 amide bonds. The van der Waals surface area contributed by atoms with Crippen LogP contribution in [0, 0.1) is 0 Å². The average molecular weight is 263 g/mol. The number of piperazine rings is 1. The van der Waals surface area contributed by atoms with E-state index in [1.165, 1.54) is 21.9 Å². The second-order valence-electron chi connectivity index (χ2n) is 4.99. The number of hydrogen-bond acceptors (Lipinski definition) is 4. The maximum Gasteiger partial charge on any atom is 0.0478 e. The van der Waals surface area contributed by atoms with Crippen LogP contribution in [0.3, 0.4) is 0 Å². The minimum Gasteiger partial charge on any atom is -0.383 e. The van der Waals surface area contributed by atoms with Crippen molar-refractivity contribution in [2.75, 3.05) is 43.8 Å². The third kappa shape index (κ3) is 2.51. The highest BCUT2D eigenvalue weighted by atomic mass is 32.2. The fraction of sp³-hybridized carbons (Fsp3) is 0.571. The predicted molar refractivity (Wildman–Crippen MR) is 78.5 cm³/mol. The molecule has 2 N–H and O–H groups in total. The lowest BCUT2D eigenvalue weighted by Gasteiger charge is -2.33. The minimum atomic E-state index is 0.528. The number of hydrogen-bond donors (Lipinski definition) is 2. The molecular weight excluding hydrogens is 242 g/mol. The standard InChI is InChI=1S/C14H21N3S/c1-11(17-7-4-15-5-8-17)12-2-3-13-14(10-12)18-9-6-16-13/h2-3,10-11,15-16H,4-9H2,1H3. The van der Waals surface area contributed by atoms with Gasteiger partial charge in [-0.15, -0.1) is 11.8 Å². The van der Waals surface area contributed by atoms with Gasteiger partial charge >= 0.3 is 0 Å². The van der Waals surface area contributed by atoms with Gasteiger partial charge in [-0.05, 0) is 24.6 Å². The van der Waals surface area contributed by atoms with Gasteiger partial charge in [-0.1, -0.05) is 6.07 Å². The van der Waals surface area contributed by atoms with E-state index >= 15 is 0 Å². The highest BCUT2D eigenvalue weighted by Crippen LogP contribution is 2.34. The van der Waals surface area contributed by atoms with Gasteiger partial charge < -0.3 is 10.6 Å². The number of anilines is 1. The average Bonchev–Trinajstić information content (AvgIpc) is 2.47. The summed E-state index contributed by atoms with van der Waals surface area (Å²) in [7, 11) is 0. The van der Waals surface area contributed by atoms with Crippen molar-refractivity contribution in [2.45, 2.75) is 17.9 Å². The minimum absolute atomic E-state index is 0.528. The van der Waals surface area contributed by atoms with Crippen LogP contribution in [0.1, 0.15) is 18.5 Å². The second kappa shape index (κ2) is 5.51. The van der Waals surface area contributed by atoms with Crippen molar-refractivity contribution in [2.24, 2.45) is 0 Å². The summed E-state index contributed by atoms with van der Waals surface area (Å²) in [5.41, 5.74) is 2.76. The fourth-order valence-electron chi connectivity index (χ4n) is 2.69. The Hall–Kier alpha value is -0.710. The zero-order valence-corrected chi connectivity index (χ0v) is 11.7. The Morgan fingerprint density at radius 2 is 2.06 bits per heavy atom. The Morgan fingerprint density at radius 3 is 2.89 bits per heavy atom. The summed E-state index contributed by atoms with van der Waals surface area (Å²) in [6.45, 7) is 7.96. The number of fused-ring (bicyclic) bond motifs is 1. The first-order valence-corrected chi connectivity index (χ1v) is 7.78. The monoisotopic (exact) mass is 263 g/mol. The molecule has 1 unspecified atom stereocenters. The van der Waals surface area contributed by atoms with Crippen LogP contribution in [0.4, 0.5) is 5.69 Å². The van der Waals surface area contributed by atoms with Gasteiger partial charge in [0.2, 0.25) is 0 Å². The number of benzene rings is 1. The quantitative estimate of drug-likeness (QED) is 0.855. The third-order valence-corrected chi connectivity index (χ3v) is 4.92. The summed E-state index contributed by atoms with van der Waals surface area (Å²) in [5.74, 6) is 1.18. The number of rotatable bonds is 2. The molecule has 0 bridgehead atoms. The Kier molecular flexibility index (Phi) is 3.77. The van der Waals surface area contributed by atoms with Crippen molar-refractivity contribution in [1.82, 2.24) is 10.2 Å². The SMILES string of the molecule is CC(c1ccc2c(c1)SCCN2)N1CCNCC1. The summed E-state index contributed by atoms with van der Waals surface area (Å²) in [5, 5.41) is 6.88. The van der Waals surface area contributed by atoms with Gasteiger partial charge in [0.1, 0.15) is 0 Å². The highest BCUT2D eigenvalue weighted by molar-refractivity contribution is 7.99. The van der Waals surface area contributed by atoms with Crippen LogP contribution in [0.25, 0.3) is 0 Å². The van der Waals surface area contributed by atoms with E-state index in [0.29, 0.717) is 6.04 Å². The lowest BCUT2D eigenvalue weighted by atomic mass is 10.1. The van der Waals surface area contributed by atoms with Gasteiger partial charge in [-0.3, -0.25) is 4.90 Å². The summed E-state index contributed by atoms with van der Waals surface area (Å²) in [6.07, 6.45) is 0. The van der Waals surface area contributed by atoms with E-state index in [9.17, 15) is 0 Å². The molecule has 0 saturated carbocycles. The van der Waals surface area contributed by atoms with Gasteiger partial charge in [-0.2, -0.15) is 0 Å². The molecule has 98 valence electrons. The van der Waals surface area contributed by atoms with E-state index < -0.39 is 0 Å². The molecule has 18 heavy (non-hydrogen) atoms. The molecule has 2 aliphatic heterocycles. The van der Waals surface area contributed by atoms with Crippen LogP contribution in [0.2, 0.25) is 0 Å². The van der Waals surface area contributed by atoms with Crippen LogP contribution in [0.15, 0.2) is 23.1 Å². The van der Waals surface area contributed by atoms with Crippen LogP contribution in [-0.2, 0) is 0 Å². The first-order chi connectivity index (χ1) is 8.84. The van der Waals surface area contributed by atoms with E-state index in [2.05, 4.69) is 40.7 Å². The van der Waals surface area contributed by atoms with E-state index in [1.54, 1.807) is 0 Å². The number of nitrogens with one attached hydrogen (secondary N) is 2. The molecule has 0 radical (unpaired) electrons. The van der Waals surface area contributed by atoms with Crippen molar-refractivity contribution in [3.05, 3.63) is 23.8 Å². The zero-order chi connectivity index (χ0) is 12.4. The second-order valence-corrected chi connectivity index (χ2v) is 6.13. The molecule has 3 nitrogen and oxygen atoms in total. The van der Waals surface area contributed by atoms with Crippen LogP contribution >= 0.6 is 11.8 Å². The summed E-state index contributed by atoms with van der Waals surface area (Å²) < 4.78 is 0. The lowest BCUT2D eigenvalue weighted by Crippen LogP contribution is -2.44. The first kappa shape index (κ1) is 12.3. The molecule has 1 aromatic rings. The first-order valence-electron chi connectivity index (χ1n) is 6.80. The number of thioether (sulfide) groups is 1. The predicted octanol–water partition coefficient (Wildman–Crippen LogP) is 2.17. The van der Waals surface area contributed by atoms with Crippen molar-refractivity contribution in [3.8, 4) is 0 Å². The largest absolute Gasteiger partial charge is 0.383 e. The summed E-state index contributed by atoms with van der Waals surface area (Å²) in [4.78, 5) is 3.99. The Balaban J connectivity index is 1.78. The maximum atomic E-state index is 3.46. The van der Waals surface area contributed by atoms with Crippen molar-refractivity contribution in [1.29, 1.82) is 0 Å². The summed E-state index contributed by atoms with van der Waals surface area (Å²) >= 11 is 1.97. The summed E-state index contributed by atoms with van der Waals surface area (Å²) in [6, 6.07) is 7.43. The van der Waals surface area contributed by atoms with E-state index in [-0.39, 0.29) is 0 Å². The zero-order valence-electron chi connectivity index (χ0n) is 10.9. The molecule has 0 spiro atoms. The topological polar surface area (TPSA) is 27.3 Å². The van der Waals surface area contributed by atoms with Crippen LogP contribution in [-0.4, -0.2) is 43.4 Å². The molecule has 4 heteroatoms. The van der Waals surface area contributed by atoms with Crippen molar-refractivity contribution in [3.63, 3.8) is 0 Å². The maximum absolute atomic E-state index is 3.46. The van der Waals surface area contributed by atoms with E-state index in [0.717, 1.165) is 32.7 Å². The molecule has 1 fully saturated rings. The van der Waals surface area contributed by atoms with Gasteiger partial charge in [0.05, 0.1) is 0 Å². The molecule has 0 aromatic heterocycles. The van der Waals surface area contributed by atoms with Crippen LogP contribution in [0.5, 0.6) is 0 Å². The van der Waals surface area contributed by atoms with Crippen molar-refractivity contribution >= 4 is 17.4 Å². The fourth-order valence-corrected chi connectivity index (χ4v) is 3.63. The highest BCUT2D eigenvalue weighted by Gasteiger charge is 2.19. The van der Waals surface area contributed by atoms with E-state index in [4.69, 9.17) is 0 Å². The molecule has 1 aromatic carbocycles. The Morgan fingerprint density at radius 1 is 1.22 bits per heavy atom. The van der Waals surface area contributed by atoms with Crippen LogP contribution < -0.4 is 10.6 Å². The molecule has 3 rings (SSSR count). The van der Waals surface area contributed by atoms with E-state index in [1.807, 2.05) is 11.8 Å². The molecule has 1 saturated heterocycles. The lowest BCUT2D eigenvalue weighted by molar-refractivity contribution is 0.185. The molecule has 0 aliphatic carbocycles. The smallest absolute Gasteiger partial charge is 0.0478 e. The molecule has 2 heterocycles. The van der Waals surface area contributed by atoms with Gasteiger partial charge in [0.25, 0.3) is 0 Å². The molecule has 1 atom stereocenters.